The maximum absolute atomic E-state index is 11.1. The topological polar surface area (TPSA) is 95.4 Å². The van der Waals surface area contributed by atoms with Crippen molar-refractivity contribution in [3.8, 4) is 5.75 Å². The van der Waals surface area contributed by atoms with E-state index in [1.165, 1.54) is 12.1 Å². The number of hydrogen-bond donors (Lipinski definition) is 2. The Morgan fingerprint density at radius 1 is 1.44 bits per heavy atom. The lowest BCUT2D eigenvalue weighted by molar-refractivity contribution is 0.217. The zero-order chi connectivity index (χ0) is 12.3. The van der Waals surface area contributed by atoms with Gasteiger partial charge in [-0.05, 0) is 25.5 Å². The van der Waals surface area contributed by atoms with Gasteiger partial charge in [0.05, 0.1) is 11.8 Å². The molecule has 1 aromatic rings. The molecule has 0 aliphatic heterocycles. The van der Waals surface area contributed by atoms with Crippen LogP contribution >= 0.6 is 0 Å². The summed E-state index contributed by atoms with van der Waals surface area (Å²) in [5.74, 6) is 0.541. The van der Waals surface area contributed by atoms with Crippen LogP contribution in [0, 0.1) is 0 Å². The summed E-state index contributed by atoms with van der Waals surface area (Å²) in [7, 11) is -3.76. The van der Waals surface area contributed by atoms with Crippen molar-refractivity contribution in [2.24, 2.45) is 5.14 Å². The number of nitrogen functional groups attached to an aromatic ring is 1. The second-order valence-electron chi connectivity index (χ2n) is 3.58. The summed E-state index contributed by atoms with van der Waals surface area (Å²) in [5.41, 5.74) is 5.69. The Kier molecular flexibility index (Phi) is 3.77. The van der Waals surface area contributed by atoms with Crippen LogP contribution in [0.25, 0.3) is 0 Å². The molecule has 0 radical (unpaired) electrons. The van der Waals surface area contributed by atoms with Gasteiger partial charge >= 0.3 is 0 Å². The van der Waals surface area contributed by atoms with Gasteiger partial charge in [-0.2, -0.15) is 0 Å². The van der Waals surface area contributed by atoms with Crippen molar-refractivity contribution in [1.29, 1.82) is 0 Å². The summed E-state index contributed by atoms with van der Waals surface area (Å²) in [4.78, 5) is -0.0796. The van der Waals surface area contributed by atoms with E-state index in [2.05, 4.69) is 0 Å². The lowest BCUT2D eigenvalue weighted by Gasteiger charge is -2.13. The molecule has 0 saturated heterocycles. The monoisotopic (exact) mass is 244 g/mol. The van der Waals surface area contributed by atoms with Gasteiger partial charge in [-0.3, -0.25) is 0 Å². The SMILES string of the molecule is CCC(C)Oc1ccc(S(N)(=O)=O)c(N)c1. The van der Waals surface area contributed by atoms with E-state index in [1.54, 1.807) is 6.07 Å². The van der Waals surface area contributed by atoms with E-state index in [4.69, 9.17) is 15.6 Å². The van der Waals surface area contributed by atoms with E-state index in [0.29, 0.717) is 5.75 Å². The fourth-order valence-corrected chi connectivity index (χ4v) is 1.82. The van der Waals surface area contributed by atoms with Crippen molar-refractivity contribution >= 4 is 15.7 Å². The number of sulfonamides is 1. The van der Waals surface area contributed by atoms with E-state index >= 15 is 0 Å². The molecule has 1 rings (SSSR count). The minimum Gasteiger partial charge on any atom is -0.491 e. The molecule has 0 amide bonds. The molecular weight excluding hydrogens is 228 g/mol. The Morgan fingerprint density at radius 3 is 2.50 bits per heavy atom. The predicted molar refractivity (Wildman–Crippen MR) is 62.6 cm³/mol. The van der Waals surface area contributed by atoms with Crippen molar-refractivity contribution in [3.05, 3.63) is 18.2 Å². The second kappa shape index (κ2) is 4.71. The Balaban J connectivity index is 3.01. The van der Waals surface area contributed by atoms with Gasteiger partial charge in [0.2, 0.25) is 10.0 Å². The van der Waals surface area contributed by atoms with Crippen molar-refractivity contribution in [1.82, 2.24) is 0 Å². The molecule has 0 saturated carbocycles. The summed E-state index contributed by atoms with van der Waals surface area (Å²) in [5, 5.41) is 4.99. The number of hydrogen-bond acceptors (Lipinski definition) is 4. The van der Waals surface area contributed by atoms with Crippen LogP contribution in [0.2, 0.25) is 0 Å². The summed E-state index contributed by atoms with van der Waals surface area (Å²) in [6.45, 7) is 3.91. The highest BCUT2D eigenvalue weighted by atomic mass is 32.2. The average molecular weight is 244 g/mol. The van der Waals surface area contributed by atoms with Gasteiger partial charge in [-0.15, -0.1) is 0 Å². The van der Waals surface area contributed by atoms with Gasteiger partial charge in [0.15, 0.2) is 0 Å². The maximum atomic E-state index is 11.1. The van der Waals surface area contributed by atoms with Gasteiger partial charge in [-0.1, -0.05) is 6.92 Å². The van der Waals surface area contributed by atoms with E-state index in [9.17, 15) is 8.42 Å². The molecule has 0 heterocycles. The van der Waals surface area contributed by atoms with Crippen LogP contribution in [0.15, 0.2) is 23.1 Å². The lowest BCUT2D eigenvalue weighted by atomic mass is 10.3. The molecule has 1 unspecified atom stereocenters. The molecular formula is C10H16N2O3S. The third-order valence-electron chi connectivity index (χ3n) is 2.20. The van der Waals surface area contributed by atoms with Crippen LogP contribution < -0.4 is 15.6 Å². The third-order valence-corrected chi connectivity index (χ3v) is 3.18. The molecule has 1 atom stereocenters. The summed E-state index contributed by atoms with van der Waals surface area (Å²) in [6, 6.07) is 4.36. The fourth-order valence-electron chi connectivity index (χ4n) is 1.17. The molecule has 0 bridgehead atoms. The molecule has 0 aliphatic rings. The second-order valence-corrected chi connectivity index (χ2v) is 5.11. The highest BCUT2D eigenvalue weighted by Gasteiger charge is 2.13. The average Bonchev–Trinajstić information content (AvgIpc) is 2.15. The first-order chi connectivity index (χ1) is 7.34. The standard InChI is InChI=1S/C10H16N2O3S/c1-3-7(2)15-8-4-5-10(9(11)6-8)16(12,13)14/h4-7H,3,11H2,1-2H3,(H2,12,13,14). The molecule has 0 aromatic heterocycles. The first kappa shape index (κ1) is 12.8. The van der Waals surface area contributed by atoms with E-state index in [1.807, 2.05) is 13.8 Å². The van der Waals surface area contributed by atoms with Gasteiger partial charge < -0.3 is 10.5 Å². The van der Waals surface area contributed by atoms with Gasteiger partial charge in [0.25, 0.3) is 0 Å². The number of benzene rings is 1. The van der Waals surface area contributed by atoms with Gasteiger partial charge in [-0.25, -0.2) is 13.6 Å². The fraction of sp³-hybridized carbons (Fsp3) is 0.400. The zero-order valence-electron chi connectivity index (χ0n) is 9.30. The van der Waals surface area contributed by atoms with Crippen molar-refractivity contribution in [3.63, 3.8) is 0 Å². The Bertz CT molecular complexity index is 471. The van der Waals surface area contributed by atoms with Gasteiger partial charge in [0, 0.05) is 6.07 Å². The zero-order valence-corrected chi connectivity index (χ0v) is 10.1. The maximum Gasteiger partial charge on any atom is 0.240 e. The van der Waals surface area contributed by atoms with E-state index in [0.717, 1.165) is 6.42 Å². The number of primary sulfonamides is 1. The molecule has 0 spiro atoms. The van der Waals surface area contributed by atoms with Crippen LogP contribution in [-0.2, 0) is 10.0 Å². The molecule has 90 valence electrons. The van der Waals surface area contributed by atoms with Crippen molar-refractivity contribution in [2.45, 2.75) is 31.3 Å². The van der Waals surface area contributed by atoms with Crippen LogP contribution in [0.3, 0.4) is 0 Å². The molecule has 16 heavy (non-hydrogen) atoms. The largest absolute Gasteiger partial charge is 0.491 e. The Hall–Kier alpha value is -1.27. The number of anilines is 1. The highest BCUT2D eigenvalue weighted by molar-refractivity contribution is 7.89. The third kappa shape index (κ3) is 3.11. The molecule has 0 aliphatic carbocycles. The van der Waals surface area contributed by atoms with Gasteiger partial charge in [0.1, 0.15) is 10.6 Å². The highest BCUT2D eigenvalue weighted by Crippen LogP contribution is 2.23. The number of nitrogens with two attached hydrogens (primary N) is 2. The van der Waals surface area contributed by atoms with E-state index < -0.39 is 10.0 Å². The molecule has 6 heteroatoms. The molecule has 4 N–H and O–H groups in total. The summed E-state index contributed by atoms with van der Waals surface area (Å²) >= 11 is 0. The summed E-state index contributed by atoms with van der Waals surface area (Å²) in [6.07, 6.45) is 0.913. The molecule has 1 aromatic carbocycles. The Labute approximate surface area is 95.4 Å². The van der Waals surface area contributed by atoms with Crippen LogP contribution in [0.5, 0.6) is 5.75 Å². The first-order valence-corrected chi connectivity index (χ1v) is 6.48. The predicted octanol–water partition coefficient (Wildman–Crippen LogP) is 1.09. The Morgan fingerprint density at radius 2 is 2.06 bits per heavy atom. The van der Waals surface area contributed by atoms with E-state index in [-0.39, 0.29) is 16.7 Å². The first-order valence-electron chi connectivity index (χ1n) is 4.93. The minimum absolute atomic E-state index is 0.0553. The minimum atomic E-state index is -3.76. The van der Waals surface area contributed by atoms with Crippen molar-refractivity contribution in [2.75, 3.05) is 5.73 Å². The number of ether oxygens (including phenoxy) is 1. The quantitative estimate of drug-likeness (QED) is 0.775. The number of rotatable bonds is 4. The molecule has 5 nitrogen and oxygen atoms in total. The molecule has 0 fully saturated rings. The van der Waals surface area contributed by atoms with Crippen LogP contribution in [0.4, 0.5) is 5.69 Å². The van der Waals surface area contributed by atoms with Crippen LogP contribution in [-0.4, -0.2) is 14.5 Å². The summed E-state index contributed by atoms with van der Waals surface area (Å²) < 4.78 is 27.7. The van der Waals surface area contributed by atoms with Crippen LogP contribution in [0.1, 0.15) is 20.3 Å². The smallest absolute Gasteiger partial charge is 0.240 e. The van der Waals surface area contributed by atoms with Crippen molar-refractivity contribution < 1.29 is 13.2 Å². The normalized spacial score (nSPS) is 13.4. The lowest BCUT2D eigenvalue weighted by Crippen LogP contribution is -2.15.